The van der Waals surface area contributed by atoms with E-state index in [9.17, 15) is 4.79 Å². The van der Waals surface area contributed by atoms with Crippen molar-refractivity contribution < 1.29 is 9.53 Å². The van der Waals surface area contributed by atoms with Crippen LogP contribution >= 0.6 is 0 Å². The number of aromatic nitrogens is 1. The van der Waals surface area contributed by atoms with Crippen LogP contribution in [0.4, 0.5) is 0 Å². The molecule has 1 heterocycles. The SMILES string of the molecule is Cc1ccc(C)n1CCNC(=O)CCOc1ccccc1. The van der Waals surface area contributed by atoms with Crippen LogP contribution in [0.1, 0.15) is 17.8 Å². The Morgan fingerprint density at radius 1 is 1.10 bits per heavy atom. The summed E-state index contributed by atoms with van der Waals surface area (Å²) in [5, 5.41) is 2.92. The van der Waals surface area contributed by atoms with Crippen LogP contribution in [-0.4, -0.2) is 23.6 Å². The number of amides is 1. The lowest BCUT2D eigenvalue weighted by molar-refractivity contribution is -0.121. The molecule has 0 saturated heterocycles. The molecule has 0 aliphatic rings. The number of carbonyl (C=O) groups is 1. The quantitative estimate of drug-likeness (QED) is 0.850. The van der Waals surface area contributed by atoms with E-state index in [4.69, 9.17) is 4.74 Å². The predicted molar refractivity (Wildman–Crippen MR) is 83.5 cm³/mol. The number of aryl methyl sites for hydroxylation is 2. The van der Waals surface area contributed by atoms with Gasteiger partial charge in [-0.25, -0.2) is 0 Å². The largest absolute Gasteiger partial charge is 0.493 e. The van der Waals surface area contributed by atoms with Gasteiger partial charge in [-0.3, -0.25) is 4.79 Å². The third-order valence-corrected chi connectivity index (χ3v) is 3.42. The Morgan fingerprint density at radius 3 is 2.43 bits per heavy atom. The first-order valence-corrected chi connectivity index (χ1v) is 7.24. The van der Waals surface area contributed by atoms with Crippen LogP contribution < -0.4 is 10.1 Å². The van der Waals surface area contributed by atoms with Gasteiger partial charge in [0.25, 0.3) is 0 Å². The maximum absolute atomic E-state index is 11.7. The molecule has 0 saturated carbocycles. The molecule has 4 nitrogen and oxygen atoms in total. The van der Waals surface area contributed by atoms with E-state index < -0.39 is 0 Å². The summed E-state index contributed by atoms with van der Waals surface area (Å²) in [6, 6.07) is 13.7. The molecule has 1 aromatic heterocycles. The third kappa shape index (κ3) is 4.67. The normalized spacial score (nSPS) is 10.4. The van der Waals surface area contributed by atoms with Crippen molar-refractivity contribution in [3.8, 4) is 5.75 Å². The molecule has 0 aliphatic carbocycles. The zero-order valence-corrected chi connectivity index (χ0v) is 12.6. The Bertz CT molecular complexity index is 556. The second-order valence-corrected chi connectivity index (χ2v) is 5.03. The number of nitrogens with zero attached hydrogens (tertiary/aromatic N) is 1. The van der Waals surface area contributed by atoms with Gasteiger partial charge < -0.3 is 14.6 Å². The molecule has 0 atom stereocenters. The summed E-state index contributed by atoms with van der Waals surface area (Å²) in [5.74, 6) is 0.817. The maximum atomic E-state index is 11.7. The van der Waals surface area contributed by atoms with Crippen molar-refractivity contribution in [2.24, 2.45) is 0 Å². The molecular weight excluding hydrogens is 264 g/mol. The highest BCUT2D eigenvalue weighted by Gasteiger charge is 2.03. The minimum Gasteiger partial charge on any atom is -0.493 e. The monoisotopic (exact) mass is 286 g/mol. The number of carbonyl (C=O) groups excluding carboxylic acids is 1. The first-order valence-electron chi connectivity index (χ1n) is 7.24. The van der Waals surface area contributed by atoms with Crippen LogP contribution in [0.2, 0.25) is 0 Å². The lowest BCUT2D eigenvalue weighted by Crippen LogP contribution is -2.28. The van der Waals surface area contributed by atoms with Crippen LogP contribution in [0.3, 0.4) is 0 Å². The molecule has 112 valence electrons. The minimum atomic E-state index is 0.0217. The number of hydrogen-bond acceptors (Lipinski definition) is 2. The summed E-state index contributed by atoms with van der Waals surface area (Å²) >= 11 is 0. The second kappa shape index (κ2) is 7.53. The molecular formula is C17H22N2O2. The van der Waals surface area contributed by atoms with E-state index in [2.05, 4.69) is 35.9 Å². The molecule has 2 rings (SSSR count). The molecule has 21 heavy (non-hydrogen) atoms. The zero-order chi connectivity index (χ0) is 15.1. The van der Waals surface area contributed by atoms with Crippen molar-refractivity contribution in [3.63, 3.8) is 0 Å². The molecule has 0 fully saturated rings. The van der Waals surface area contributed by atoms with Crippen molar-refractivity contribution in [1.82, 2.24) is 9.88 Å². The Labute approximate surface area is 125 Å². The Balaban J connectivity index is 1.64. The van der Waals surface area contributed by atoms with Crippen LogP contribution in [0, 0.1) is 13.8 Å². The lowest BCUT2D eigenvalue weighted by atomic mass is 10.3. The summed E-state index contributed by atoms with van der Waals surface area (Å²) in [7, 11) is 0. The highest BCUT2D eigenvalue weighted by molar-refractivity contribution is 5.75. The topological polar surface area (TPSA) is 43.3 Å². The minimum absolute atomic E-state index is 0.0217. The van der Waals surface area contributed by atoms with E-state index in [0.717, 1.165) is 12.3 Å². The summed E-state index contributed by atoms with van der Waals surface area (Å²) in [6.45, 7) is 5.99. The van der Waals surface area contributed by atoms with Gasteiger partial charge in [0.1, 0.15) is 5.75 Å². The van der Waals surface area contributed by atoms with Crippen molar-refractivity contribution in [3.05, 3.63) is 53.9 Å². The molecule has 0 aliphatic heterocycles. The van der Waals surface area contributed by atoms with E-state index in [0.29, 0.717) is 19.6 Å². The molecule has 1 aromatic carbocycles. The number of hydrogen-bond donors (Lipinski definition) is 1. The average molecular weight is 286 g/mol. The van der Waals surface area contributed by atoms with Crippen LogP contribution in [0.5, 0.6) is 5.75 Å². The maximum Gasteiger partial charge on any atom is 0.223 e. The van der Waals surface area contributed by atoms with Gasteiger partial charge in [-0.05, 0) is 38.1 Å². The van der Waals surface area contributed by atoms with Crippen LogP contribution in [0.15, 0.2) is 42.5 Å². The van der Waals surface area contributed by atoms with E-state index >= 15 is 0 Å². The summed E-state index contributed by atoms with van der Waals surface area (Å²) in [4.78, 5) is 11.7. The molecule has 1 amide bonds. The molecule has 0 radical (unpaired) electrons. The van der Waals surface area contributed by atoms with Crippen molar-refractivity contribution in [2.75, 3.05) is 13.2 Å². The number of rotatable bonds is 7. The van der Waals surface area contributed by atoms with Crippen molar-refractivity contribution >= 4 is 5.91 Å². The van der Waals surface area contributed by atoms with E-state index in [1.165, 1.54) is 11.4 Å². The Kier molecular flexibility index (Phi) is 5.43. The fraction of sp³-hybridized carbons (Fsp3) is 0.353. The fourth-order valence-electron chi connectivity index (χ4n) is 2.23. The molecule has 0 unspecified atom stereocenters. The van der Waals surface area contributed by atoms with Gasteiger partial charge in [0.2, 0.25) is 5.91 Å². The van der Waals surface area contributed by atoms with Gasteiger partial charge in [-0.15, -0.1) is 0 Å². The van der Waals surface area contributed by atoms with Gasteiger partial charge in [0.05, 0.1) is 13.0 Å². The number of nitrogens with one attached hydrogen (secondary N) is 1. The van der Waals surface area contributed by atoms with Gasteiger partial charge in [0.15, 0.2) is 0 Å². The summed E-state index contributed by atoms with van der Waals surface area (Å²) < 4.78 is 7.70. The molecule has 1 N–H and O–H groups in total. The van der Waals surface area contributed by atoms with E-state index in [1.54, 1.807) is 0 Å². The smallest absolute Gasteiger partial charge is 0.223 e. The number of ether oxygens (including phenoxy) is 1. The molecule has 4 heteroatoms. The van der Waals surface area contributed by atoms with Crippen molar-refractivity contribution in [1.29, 1.82) is 0 Å². The van der Waals surface area contributed by atoms with Gasteiger partial charge in [0, 0.05) is 24.5 Å². The first-order chi connectivity index (χ1) is 10.2. The van der Waals surface area contributed by atoms with Gasteiger partial charge in [-0.2, -0.15) is 0 Å². The highest BCUT2D eigenvalue weighted by Crippen LogP contribution is 2.08. The second-order valence-electron chi connectivity index (χ2n) is 5.03. The van der Waals surface area contributed by atoms with Crippen LogP contribution in [0.25, 0.3) is 0 Å². The average Bonchev–Trinajstić information content (AvgIpc) is 2.80. The summed E-state index contributed by atoms with van der Waals surface area (Å²) in [6.07, 6.45) is 0.374. The zero-order valence-electron chi connectivity index (χ0n) is 12.6. The van der Waals surface area contributed by atoms with E-state index in [1.807, 2.05) is 30.3 Å². The van der Waals surface area contributed by atoms with Gasteiger partial charge >= 0.3 is 0 Å². The first kappa shape index (κ1) is 15.2. The van der Waals surface area contributed by atoms with Crippen molar-refractivity contribution in [2.45, 2.75) is 26.8 Å². The molecule has 0 spiro atoms. The Morgan fingerprint density at radius 2 is 1.76 bits per heavy atom. The predicted octanol–water partition coefficient (Wildman–Crippen LogP) is 2.69. The number of benzene rings is 1. The third-order valence-electron chi connectivity index (χ3n) is 3.42. The number of para-hydroxylation sites is 1. The molecule has 0 bridgehead atoms. The highest BCUT2D eigenvalue weighted by atomic mass is 16.5. The lowest BCUT2D eigenvalue weighted by Gasteiger charge is -2.10. The summed E-state index contributed by atoms with van der Waals surface area (Å²) in [5.41, 5.74) is 2.43. The van der Waals surface area contributed by atoms with Crippen LogP contribution in [-0.2, 0) is 11.3 Å². The van der Waals surface area contributed by atoms with Gasteiger partial charge in [-0.1, -0.05) is 18.2 Å². The Hall–Kier alpha value is -2.23. The standard InChI is InChI=1S/C17H22N2O2/c1-14-8-9-15(2)19(14)12-11-18-17(20)10-13-21-16-6-4-3-5-7-16/h3-9H,10-13H2,1-2H3,(H,18,20). The fourth-order valence-corrected chi connectivity index (χ4v) is 2.23. The van der Waals surface area contributed by atoms with E-state index in [-0.39, 0.29) is 5.91 Å². The molecule has 2 aromatic rings.